The second kappa shape index (κ2) is 10.1. The summed E-state index contributed by atoms with van der Waals surface area (Å²) in [6.45, 7) is 2.95. The monoisotopic (exact) mass is 489 g/mol. The predicted molar refractivity (Wildman–Crippen MR) is 124 cm³/mol. The van der Waals surface area contributed by atoms with Crippen molar-refractivity contribution in [2.75, 3.05) is 10.8 Å². The van der Waals surface area contributed by atoms with Crippen LogP contribution in [0.4, 0.5) is 18.9 Å². The van der Waals surface area contributed by atoms with Crippen LogP contribution in [0, 0.1) is 13.8 Å². The number of amides is 1. The maximum absolute atomic E-state index is 13.4. The summed E-state index contributed by atoms with van der Waals surface area (Å²) in [4.78, 5) is 12.6. The first kappa shape index (κ1) is 25.0. The average molecular weight is 490 g/mol. The van der Waals surface area contributed by atoms with Crippen LogP contribution in [-0.4, -0.2) is 27.1 Å². The Morgan fingerprint density at radius 2 is 1.71 bits per heavy atom. The first-order valence-electron chi connectivity index (χ1n) is 10.1. The van der Waals surface area contributed by atoms with Crippen LogP contribution >= 0.6 is 0 Å². The second-order valence-electron chi connectivity index (χ2n) is 7.53. The molecule has 0 atom stereocenters. The number of sulfonamides is 1. The fourth-order valence-electron chi connectivity index (χ4n) is 3.15. The number of nitrogens with one attached hydrogen (secondary N) is 1. The van der Waals surface area contributed by atoms with Gasteiger partial charge in [-0.1, -0.05) is 42.5 Å². The molecule has 0 radical (unpaired) electrons. The Hall–Kier alpha value is -3.66. The van der Waals surface area contributed by atoms with Crippen molar-refractivity contribution in [2.45, 2.75) is 24.9 Å². The Morgan fingerprint density at radius 3 is 2.38 bits per heavy atom. The van der Waals surface area contributed by atoms with Crippen LogP contribution in [-0.2, 0) is 21.0 Å². The number of carbonyl (C=O) groups is 1. The molecule has 0 aromatic heterocycles. The molecule has 0 unspecified atom stereocenters. The quantitative estimate of drug-likeness (QED) is 0.387. The highest BCUT2D eigenvalue weighted by molar-refractivity contribution is 7.92. The van der Waals surface area contributed by atoms with E-state index in [1.54, 1.807) is 44.2 Å². The van der Waals surface area contributed by atoms with Gasteiger partial charge in [0.05, 0.1) is 22.4 Å². The zero-order valence-corrected chi connectivity index (χ0v) is 19.2. The lowest BCUT2D eigenvalue weighted by atomic mass is 10.1. The summed E-state index contributed by atoms with van der Waals surface area (Å²) in [6.07, 6.45) is -3.45. The van der Waals surface area contributed by atoms with E-state index in [-0.39, 0.29) is 10.5 Å². The van der Waals surface area contributed by atoms with Gasteiger partial charge >= 0.3 is 6.18 Å². The molecule has 34 heavy (non-hydrogen) atoms. The highest BCUT2D eigenvalue weighted by Crippen LogP contribution is 2.29. The largest absolute Gasteiger partial charge is 0.416 e. The minimum absolute atomic E-state index is 0.0103. The number of aryl methyl sites for hydroxylation is 2. The van der Waals surface area contributed by atoms with E-state index < -0.39 is 34.2 Å². The minimum Gasteiger partial charge on any atom is -0.271 e. The molecule has 6 nitrogen and oxygen atoms in total. The van der Waals surface area contributed by atoms with Crippen molar-refractivity contribution in [1.29, 1.82) is 0 Å². The number of anilines is 1. The fourth-order valence-corrected chi connectivity index (χ4v) is 4.65. The maximum Gasteiger partial charge on any atom is 0.416 e. The van der Waals surface area contributed by atoms with Gasteiger partial charge in [0, 0.05) is 0 Å². The van der Waals surface area contributed by atoms with Crippen molar-refractivity contribution in [2.24, 2.45) is 5.10 Å². The summed E-state index contributed by atoms with van der Waals surface area (Å²) in [7, 11) is -4.09. The van der Waals surface area contributed by atoms with E-state index >= 15 is 0 Å². The molecule has 0 spiro atoms. The summed E-state index contributed by atoms with van der Waals surface area (Å²) < 4.78 is 66.3. The summed E-state index contributed by atoms with van der Waals surface area (Å²) in [6, 6.07) is 17.4. The average Bonchev–Trinajstić information content (AvgIpc) is 2.79. The normalized spacial score (nSPS) is 12.0. The smallest absolute Gasteiger partial charge is 0.271 e. The van der Waals surface area contributed by atoms with Crippen LogP contribution in [0.15, 0.2) is 82.8 Å². The van der Waals surface area contributed by atoms with Crippen molar-refractivity contribution in [1.82, 2.24) is 5.43 Å². The van der Waals surface area contributed by atoms with E-state index in [0.717, 1.165) is 28.2 Å². The maximum atomic E-state index is 13.4. The van der Waals surface area contributed by atoms with E-state index in [1.807, 2.05) is 6.07 Å². The molecule has 0 heterocycles. The number of benzene rings is 3. The van der Waals surface area contributed by atoms with Crippen molar-refractivity contribution >= 4 is 27.8 Å². The predicted octanol–water partition coefficient (Wildman–Crippen LogP) is 4.67. The third-order valence-electron chi connectivity index (χ3n) is 4.87. The highest BCUT2D eigenvalue weighted by Gasteiger charge is 2.30. The number of hydrazone groups is 1. The number of hydrogen-bond acceptors (Lipinski definition) is 4. The molecular formula is C24H22F3N3O3S. The summed E-state index contributed by atoms with van der Waals surface area (Å²) in [5, 5.41) is 3.69. The van der Waals surface area contributed by atoms with Crippen molar-refractivity contribution in [3.05, 3.63) is 95.1 Å². The molecule has 3 aromatic rings. The topological polar surface area (TPSA) is 78.8 Å². The number of nitrogens with zero attached hydrogens (tertiary/aromatic N) is 2. The van der Waals surface area contributed by atoms with Crippen LogP contribution < -0.4 is 9.73 Å². The number of alkyl halides is 3. The molecule has 1 amide bonds. The molecule has 0 aliphatic heterocycles. The molecule has 0 fully saturated rings. The Bertz CT molecular complexity index is 1310. The lowest BCUT2D eigenvalue weighted by Gasteiger charge is -2.25. The lowest BCUT2D eigenvalue weighted by molar-refractivity contribution is -0.137. The van der Waals surface area contributed by atoms with E-state index in [1.165, 1.54) is 24.3 Å². The van der Waals surface area contributed by atoms with Gasteiger partial charge in [-0.25, -0.2) is 13.8 Å². The van der Waals surface area contributed by atoms with E-state index in [4.69, 9.17) is 0 Å². The third-order valence-corrected chi connectivity index (χ3v) is 6.64. The SMILES string of the molecule is Cc1ccc(C)c(N(CC(=O)N/N=C\c2cccc(C(F)(F)F)c2)S(=O)(=O)c2ccccc2)c1. The van der Waals surface area contributed by atoms with Crippen molar-refractivity contribution in [3.8, 4) is 0 Å². The Labute approximate surface area is 195 Å². The van der Waals surface area contributed by atoms with Crippen LogP contribution in [0.25, 0.3) is 0 Å². The van der Waals surface area contributed by atoms with Gasteiger partial charge in [-0.2, -0.15) is 18.3 Å². The molecule has 0 bridgehead atoms. The Morgan fingerprint density at radius 1 is 1.00 bits per heavy atom. The molecule has 10 heteroatoms. The van der Waals surface area contributed by atoms with E-state index in [0.29, 0.717) is 11.3 Å². The van der Waals surface area contributed by atoms with Gasteiger partial charge in [0.1, 0.15) is 6.54 Å². The van der Waals surface area contributed by atoms with Crippen LogP contribution in [0.1, 0.15) is 22.3 Å². The first-order chi connectivity index (χ1) is 16.0. The summed E-state index contributed by atoms with van der Waals surface area (Å²) in [5.41, 5.74) is 3.25. The Kier molecular flexibility index (Phi) is 7.41. The standard InChI is InChI=1S/C24H22F3N3O3S/c1-17-11-12-18(2)22(13-17)30(34(32,33)21-9-4-3-5-10-21)16-23(31)29-28-15-19-7-6-8-20(14-19)24(25,26)27/h3-15H,16H2,1-2H3,(H,29,31)/b28-15-. The van der Waals surface area contributed by atoms with Crippen molar-refractivity contribution < 1.29 is 26.4 Å². The number of hydrogen-bond donors (Lipinski definition) is 1. The number of halogens is 3. The zero-order chi connectivity index (χ0) is 24.9. The summed E-state index contributed by atoms with van der Waals surface area (Å²) in [5.74, 6) is -0.761. The van der Waals surface area contributed by atoms with Crippen molar-refractivity contribution in [3.63, 3.8) is 0 Å². The molecule has 0 saturated heterocycles. The van der Waals surface area contributed by atoms with Gasteiger partial charge in [-0.15, -0.1) is 0 Å². The van der Waals surface area contributed by atoms with Gasteiger partial charge < -0.3 is 0 Å². The first-order valence-corrected chi connectivity index (χ1v) is 11.6. The molecule has 0 saturated carbocycles. The molecule has 0 aliphatic carbocycles. The number of carbonyl (C=O) groups excluding carboxylic acids is 1. The number of rotatable bonds is 7. The van der Waals surface area contributed by atoms with Gasteiger partial charge in [0.25, 0.3) is 15.9 Å². The fraction of sp³-hybridized carbons (Fsp3) is 0.167. The zero-order valence-electron chi connectivity index (χ0n) is 18.4. The minimum atomic E-state index is -4.51. The van der Waals surface area contributed by atoms with E-state index in [2.05, 4.69) is 10.5 Å². The van der Waals surface area contributed by atoms with Gasteiger partial charge in [-0.3, -0.25) is 9.10 Å². The summed E-state index contributed by atoms with van der Waals surface area (Å²) >= 11 is 0. The molecule has 178 valence electrons. The van der Waals surface area contributed by atoms with Crippen LogP contribution in [0.5, 0.6) is 0 Å². The van der Waals surface area contributed by atoms with Gasteiger partial charge in [-0.05, 0) is 60.9 Å². The van der Waals surface area contributed by atoms with Crippen LogP contribution in [0.3, 0.4) is 0 Å². The highest BCUT2D eigenvalue weighted by atomic mass is 32.2. The van der Waals surface area contributed by atoms with E-state index in [9.17, 15) is 26.4 Å². The second-order valence-corrected chi connectivity index (χ2v) is 9.39. The molecular weight excluding hydrogens is 467 g/mol. The molecule has 3 aromatic carbocycles. The lowest BCUT2D eigenvalue weighted by Crippen LogP contribution is -2.40. The third kappa shape index (κ3) is 6.02. The molecule has 0 aliphatic rings. The van der Waals surface area contributed by atoms with Crippen LogP contribution in [0.2, 0.25) is 0 Å². The van der Waals surface area contributed by atoms with Gasteiger partial charge in [0.2, 0.25) is 0 Å². The molecule has 1 N–H and O–H groups in total. The Balaban J connectivity index is 1.85. The van der Waals surface area contributed by atoms with Gasteiger partial charge in [0.15, 0.2) is 0 Å². The molecule has 3 rings (SSSR count).